The van der Waals surface area contributed by atoms with E-state index in [-0.39, 0.29) is 11.3 Å². The zero-order valence-electron chi connectivity index (χ0n) is 18.4. The summed E-state index contributed by atoms with van der Waals surface area (Å²) in [6.45, 7) is 7.37. The van der Waals surface area contributed by atoms with Crippen LogP contribution in [-0.2, 0) is 4.74 Å². The van der Waals surface area contributed by atoms with E-state index in [0.29, 0.717) is 6.42 Å². The second-order valence-electron chi connectivity index (χ2n) is 8.49. The summed E-state index contributed by atoms with van der Waals surface area (Å²) < 4.78 is 6.45. The van der Waals surface area contributed by atoms with E-state index in [2.05, 4.69) is 59.3 Å². The van der Waals surface area contributed by atoms with E-state index in [4.69, 9.17) is 11.3 Å². The van der Waals surface area contributed by atoms with E-state index in [9.17, 15) is 5.26 Å². The summed E-state index contributed by atoms with van der Waals surface area (Å²) in [4.78, 5) is 5.60. The predicted octanol–water partition coefficient (Wildman–Crippen LogP) is 7.17. The third kappa shape index (κ3) is 4.76. The average Bonchev–Trinajstić information content (AvgIpc) is 2.84. The van der Waals surface area contributed by atoms with Crippen LogP contribution in [0.25, 0.3) is 10.9 Å². The van der Waals surface area contributed by atoms with Crippen LogP contribution in [0.1, 0.15) is 44.1 Å². The first kappa shape index (κ1) is 21.5. The van der Waals surface area contributed by atoms with Gasteiger partial charge in [-0.25, -0.2) is 10.1 Å². The van der Waals surface area contributed by atoms with Crippen molar-refractivity contribution in [3.05, 3.63) is 101 Å². The molecule has 4 rings (SSSR count). The molecule has 2 aromatic carbocycles. The smallest absolute Gasteiger partial charge is 0.265 e. The minimum Gasteiger partial charge on any atom is -0.487 e. The summed E-state index contributed by atoms with van der Waals surface area (Å²) >= 11 is 0. The van der Waals surface area contributed by atoms with Gasteiger partial charge in [-0.3, -0.25) is 0 Å². The molecule has 1 heterocycles. The Hall–Kier alpha value is -3.76. The number of hydrogen-bond acceptors (Lipinski definition) is 3. The molecule has 1 saturated carbocycles. The molecule has 1 aliphatic carbocycles. The lowest BCUT2D eigenvalue weighted by molar-refractivity contribution is -0.0285. The number of benzene rings is 2. The van der Waals surface area contributed by atoms with Crippen LogP contribution in [0.2, 0.25) is 0 Å². The number of nitriles is 1. The summed E-state index contributed by atoms with van der Waals surface area (Å²) in [7, 11) is 2.06. The van der Waals surface area contributed by atoms with Gasteiger partial charge in [0.05, 0.1) is 12.6 Å². The third-order valence-electron chi connectivity index (χ3n) is 6.31. The molecule has 0 N–H and O–H groups in total. The fourth-order valence-electron chi connectivity index (χ4n) is 4.55. The average molecular weight is 422 g/mol. The van der Waals surface area contributed by atoms with Crippen molar-refractivity contribution < 1.29 is 4.74 Å². The maximum atomic E-state index is 9.40. The van der Waals surface area contributed by atoms with Gasteiger partial charge in [-0.2, -0.15) is 0 Å². The highest BCUT2D eigenvalue weighted by Crippen LogP contribution is 2.43. The van der Waals surface area contributed by atoms with Crippen LogP contribution in [0.3, 0.4) is 0 Å². The highest BCUT2D eigenvalue weighted by molar-refractivity contribution is 5.65. The first-order valence-corrected chi connectivity index (χ1v) is 11.1. The van der Waals surface area contributed by atoms with Gasteiger partial charge >= 0.3 is 0 Å². The van der Waals surface area contributed by atoms with E-state index < -0.39 is 0 Å². The fraction of sp³-hybridized carbons (Fsp3) is 0.286. The summed E-state index contributed by atoms with van der Waals surface area (Å²) in [5.41, 5.74) is 4.02. The topological polar surface area (TPSA) is 40.6 Å². The molecule has 4 heteroatoms. The number of anilines is 2. The molecule has 0 amide bonds. The van der Waals surface area contributed by atoms with Gasteiger partial charge in [0.15, 0.2) is 0 Å². The molecular formula is C28H27N3O. The molecule has 32 heavy (non-hydrogen) atoms. The molecule has 0 atom stereocenters. The monoisotopic (exact) mass is 421 g/mol. The van der Waals surface area contributed by atoms with Crippen LogP contribution < -0.4 is 4.90 Å². The van der Waals surface area contributed by atoms with Gasteiger partial charge in [-0.05, 0) is 73.2 Å². The first-order valence-electron chi connectivity index (χ1n) is 11.1. The van der Waals surface area contributed by atoms with Crippen LogP contribution in [0, 0.1) is 17.9 Å². The highest BCUT2D eigenvalue weighted by atomic mass is 16.5. The molecule has 0 radical (unpaired) electrons. The number of hydrogen-bond donors (Lipinski definition) is 0. The van der Waals surface area contributed by atoms with Gasteiger partial charge in [0, 0.05) is 24.8 Å². The van der Waals surface area contributed by atoms with Crippen LogP contribution in [0.5, 0.6) is 0 Å². The number of ether oxygens (including phenoxy) is 1. The zero-order chi connectivity index (χ0) is 22.4. The second-order valence-corrected chi connectivity index (χ2v) is 8.49. The Balaban J connectivity index is 1.55. The van der Waals surface area contributed by atoms with E-state index in [1.165, 1.54) is 6.42 Å². The minimum absolute atomic E-state index is 0.178. The summed E-state index contributed by atoms with van der Waals surface area (Å²) in [6, 6.07) is 20.7. The lowest BCUT2D eigenvalue weighted by Crippen LogP contribution is -2.37. The normalized spacial score (nSPS) is 18.9. The molecule has 1 aliphatic heterocycles. The minimum atomic E-state index is -0.281. The van der Waals surface area contributed by atoms with Crippen molar-refractivity contribution in [3.8, 4) is 6.07 Å². The van der Waals surface area contributed by atoms with Crippen molar-refractivity contribution in [2.75, 3.05) is 11.9 Å². The Morgan fingerprint density at radius 2 is 1.72 bits per heavy atom. The summed E-state index contributed by atoms with van der Waals surface area (Å²) in [5.74, 6) is 0.732. The Morgan fingerprint density at radius 3 is 2.38 bits per heavy atom. The molecule has 0 aromatic heterocycles. The summed E-state index contributed by atoms with van der Waals surface area (Å²) in [6.07, 6.45) is 11.9. The van der Waals surface area contributed by atoms with Gasteiger partial charge in [0.1, 0.15) is 11.4 Å². The maximum absolute atomic E-state index is 9.40. The van der Waals surface area contributed by atoms with Crippen molar-refractivity contribution >= 4 is 17.5 Å². The lowest BCUT2D eigenvalue weighted by Gasteiger charge is -2.41. The quantitative estimate of drug-likeness (QED) is 0.388. The van der Waals surface area contributed by atoms with Gasteiger partial charge in [-0.15, -0.1) is 0 Å². The molecule has 0 unspecified atom stereocenters. The van der Waals surface area contributed by atoms with Crippen LogP contribution in [0.4, 0.5) is 11.4 Å². The molecule has 1 spiro atoms. The van der Waals surface area contributed by atoms with E-state index in [1.54, 1.807) is 0 Å². The van der Waals surface area contributed by atoms with Gasteiger partial charge < -0.3 is 9.64 Å². The highest BCUT2D eigenvalue weighted by Gasteiger charge is 2.38. The maximum Gasteiger partial charge on any atom is 0.265 e. The molecule has 2 aromatic rings. The molecule has 2 aliphatic rings. The van der Waals surface area contributed by atoms with Crippen LogP contribution >= 0.6 is 0 Å². The largest absolute Gasteiger partial charge is 0.487 e. The van der Waals surface area contributed by atoms with Crippen LogP contribution in [-0.4, -0.2) is 12.6 Å². The number of allylic oxidation sites excluding steroid dienone is 3. The molecular weight excluding hydrogens is 394 g/mol. The fourth-order valence-corrected chi connectivity index (χ4v) is 4.55. The SMILES string of the molecule is [C-]#[N+]/C(C#N)=C1C=C(/C=C/c2ccc(N(C)c3ccccc3)cc2)OC2(CCCCC2)C/1. The first-order chi connectivity index (χ1) is 15.6. The molecule has 0 saturated heterocycles. The Morgan fingerprint density at radius 1 is 1.03 bits per heavy atom. The van der Waals surface area contributed by atoms with Crippen molar-refractivity contribution in [1.82, 2.24) is 0 Å². The van der Waals surface area contributed by atoms with E-state index >= 15 is 0 Å². The second kappa shape index (κ2) is 9.58. The van der Waals surface area contributed by atoms with Gasteiger partial charge in [0.25, 0.3) is 5.70 Å². The molecule has 1 fully saturated rings. The van der Waals surface area contributed by atoms with Crippen molar-refractivity contribution in [3.63, 3.8) is 0 Å². The number of rotatable bonds is 4. The zero-order valence-corrected chi connectivity index (χ0v) is 18.4. The predicted molar refractivity (Wildman–Crippen MR) is 129 cm³/mol. The van der Waals surface area contributed by atoms with Crippen LogP contribution in [0.15, 0.2) is 83.8 Å². The van der Waals surface area contributed by atoms with Crippen molar-refractivity contribution in [2.24, 2.45) is 0 Å². The van der Waals surface area contributed by atoms with Gasteiger partial charge in [-0.1, -0.05) is 42.8 Å². The Bertz CT molecular complexity index is 1110. The Kier molecular flexibility index (Phi) is 6.43. The van der Waals surface area contributed by atoms with Gasteiger partial charge in [0.2, 0.25) is 0 Å². The number of nitrogens with zero attached hydrogens (tertiary/aromatic N) is 3. The Labute approximate surface area is 190 Å². The molecule has 4 nitrogen and oxygen atoms in total. The summed E-state index contributed by atoms with van der Waals surface area (Å²) in [5, 5.41) is 9.40. The van der Waals surface area contributed by atoms with E-state index in [0.717, 1.165) is 54.0 Å². The molecule has 0 bridgehead atoms. The third-order valence-corrected chi connectivity index (χ3v) is 6.31. The number of para-hydroxylation sites is 1. The van der Waals surface area contributed by atoms with E-state index in [1.807, 2.05) is 36.4 Å². The van der Waals surface area contributed by atoms with Crippen molar-refractivity contribution in [1.29, 1.82) is 5.26 Å². The standard InChI is InChI=1S/C28H27N3O/c1-30-27(21-29)23-19-26(32-28(20-23)17-7-4-8-18-28)16-13-22-11-14-25(15-12-22)31(2)24-9-5-3-6-10-24/h3,5-6,9-16,19H,4,7-8,17-18,20H2,2H3/b16-13+,27-23-. The molecule has 160 valence electrons. The lowest BCUT2D eigenvalue weighted by atomic mass is 9.78. The van der Waals surface area contributed by atoms with Crippen molar-refractivity contribution in [2.45, 2.75) is 44.1 Å².